The molecule has 0 saturated carbocycles. The fourth-order valence-electron chi connectivity index (χ4n) is 2.87. The van der Waals surface area contributed by atoms with Crippen molar-refractivity contribution >= 4 is 12.0 Å². The van der Waals surface area contributed by atoms with Crippen LogP contribution in [0.4, 0.5) is 0 Å². The molecule has 27 heavy (non-hydrogen) atoms. The molecule has 0 spiro atoms. The van der Waals surface area contributed by atoms with Gasteiger partial charge in [0.1, 0.15) is 0 Å². The third-order valence-electron chi connectivity index (χ3n) is 4.56. The first-order chi connectivity index (χ1) is 13.2. The maximum atomic E-state index is 9.87. The molecule has 0 heterocycles. The summed E-state index contributed by atoms with van der Waals surface area (Å²) < 4.78 is 4.14. The van der Waals surface area contributed by atoms with Crippen LogP contribution in [0.2, 0.25) is 0 Å². The Morgan fingerprint density at radius 1 is 0.815 bits per heavy atom. The first kappa shape index (κ1) is 27.8. The van der Waals surface area contributed by atoms with Gasteiger partial charge in [-0.3, -0.25) is 0 Å². The lowest BCUT2D eigenvalue weighted by molar-refractivity contribution is -0.134. The van der Waals surface area contributed by atoms with Gasteiger partial charge in [-0.25, -0.2) is 14.6 Å². The lowest BCUT2D eigenvalue weighted by Gasteiger charge is -2.03. The van der Waals surface area contributed by atoms with Crippen molar-refractivity contribution in [2.75, 3.05) is 13.7 Å². The van der Waals surface area contributed by atoms with Gasteiger partial charge in [-0.15, -0.1) is 0 Å². The number of methoxy groups -OCH3 is 1. The van der Waals surface area contributed by atoms with Gasteiger partial charge in [0.2, 0.25) is 6.08 Å². The van der Waals surface area contributed by atoms with Crippen LogP contribution in [0, 0.1) is 0 Å². The Kier molecular flexibility index (Phi) is 27.6. The lowest BCUT2D eigenvalue weighted by atomic mass is 10.0. The van der Waals surface area contributed by atoms with Crippen LogP contribution < -0.4 is 0 Å². The molecule has 0 aromatic heterocycles. The topological polar surface area (TPSA) is 55.7 Å². The van der Waals surface area contributed by atoms with Crippen LogP contribution in [0.3, 0.4) is 0 Å². The summed E-state index contributed by atoms with van der Waals surface area (Å²) in [7, 11) is 1.31. The second kappa shape index (κ2) is 26.8. The van der Waals surface area contributed by atoms with E-state index in [2.05, 4.69) is 23.2 Å². The fraction of sp³-hybridized carbons (Fsp3) is 0.826. The van der Waals surface area contributed by atoms with Crippen molar-refractivity contribution in [1.29, 1.82) is 0 Å². The molecular weight excluding hydrogens is 338 g/mol. The minimum absolute atomic E-state index is 0.394. The number of rotatable bonds is 18. The summed E-state index contributed by atoms with van der Waals surface area (Å²) in [5.41, 5.74) is 0. The van der Waals surface area contributed by atoms with Gasteiger partial charge >= 0.3 is 5.97 Å². The van der Waals surface area contributed by atoms with E-state index in [-0.39, 0.29) is 0 Å². The molecular formula is C23H43NO3. The Bertz CT molecular complexity index is 363. The van der Waals surface area contributed by atoms with Crippen molar-refractivity contribution < 1.29 is 14.3 Å². The third kappa shape index (κ3) is 29.6. The molecule has 0 aliphatic heterocycles. The number of nitrogens with zero attached hydrogens (tertiary/aromatic N) is 1. The quantitative estimate of drug-likeness (QED) is 0.0850. The van der Waals surface area contributed by atoms with Gasteiger partial charge in [0.15, 0.2) is 0 Å². The minimum Gasteiger partial charge on any atom is -0.466 e. The predicted molar refractivity (Wildman–Crippen MR) is 115 cm³/mol. The fourth-order valence-corrected chi connectivity index (χ4v) is 2.87. The molecule has 0 unspecified atom stereocenters. The van der Waals surface area contributed by atoms with E-state index in [4.69, 9.17) is 0 Å². The number of hydrogen-bond acceptors (Lipinski definition) is 4. The summed E-state index contributed by atoms with van der Waals surface area (Å²) in [4.78, 5) is 23.3. The van der Waals surface area contributed by atoms with Crippen LogP contribution in [0.15, 0.2) is 17.6 Å². The van der Waals surface area contributed by atoms with Gasteiger partial charge in [0, 0.05) is 6.08 Å². The molecule has 4 nitrogen and oxygen atoms in total. The van der Waals surface area contributed by atoms with Crippen molar-refractivity contribution in [1.82, 2.24) is 0 Å². The highest BCUT2D eigenvalue weighted by molar-refractivity contribution is 5.80. The zero-order chi connectivity index (χ0) is 20.4. The molecule has 0 atom stereocenters. The van der Waals surface area contributed by atoms with Gasteiger partial charge in [-0.05, 0) is 6.42 Å². The van der Waals surface area contributed by atoms with E-state index < -0.39 is 5.97 Å². The summed E-state index contributed by atoms with van der Waals surface area (Å²) >= 11 is 0. The molecule has 4 heteroatoms. The average Bonchev–Trinajstić information content (AvgIpc) is 2.70. The number of unbranched alkanes of at least 4 members (excludes halogenated alkanes) is 15. The van der Waals surface area contributed by atoms with Gasteiger partial charge in [-0.1, -0.05) is 110 Å². The number of ether oxygens (including phenoxy) is 1. The molecule has 0 fully saturated rings. The molecule has 0 saturated heterocycles. The molecule has 0 bridgehead atoms. The normalized spacial score (nSPS) is 9.70. The summed E-state index contributed by atoms with van der Waals surface area (Å²) in [5.74, 6) is -0.394. The first-order valence-corrected chi connectivity index (χ1v) is 11.0. The second-order valence-corrected chi connectivity index (χ2v) is 7.00. The molecule has 0 radical (unpaired) electrons. The Hall–Kier alpha value is -1.41. The Morgan fingerprint density at radius 2 is 1.19 bits per heavy atom. The van der Waals surface area contributed by atoms with E-state index in [1.165, 1.54) is 103 Å². The number of esters is 1. The molecule has 0 rings (SSSR count). The Morgan fingerprint density at radius 3 is 1.44 bits per heavy atom. The van der Waals surface area contributed by atoms with Gasteiger partial charge in [-0.2, -0.15) is 0 Å². The van der Waals surface area contributed by atoms with Gasteiger partial charge in [0.25, 0.3) is 0 Å². The second-order valence-electron chi connectivity index (χ2n) is 7.00. The van der Waals surface area contributed by atoms with Crippen molar-refractivity contribution in [3.63, 3.8) is 0 Å². The maximum absolute atomic E-state index is 9.87. The zero-order valence-corrected chi connectivity index (χ0v) is 18.0. The molecule has 0 N–H and O–H groups in total. The smallest absolute Gasteiger partial charge is 0.329 e. The summed E-state index contributed by atoms with van der Waals surface area (Å²) in [6.45, 7) is 6.11. The van der Waals surface area contributed by atoms with E-state index in [1.807, 2.05) is 0 Å². The van der Waals surface area contributed by atoms with Crippen LogP contribution >= 0.6 is 0 Å². The highest BCUT2D eigenvalue weighted by atomic mass is 16.5. The SMILES string of the molecule is C=CC(=O)OC.CCCCCCCCCCCCCCCCCCN=C=O. The largest absolute Gasteiger partial charge is 0.466 e. The average molecular weight is 382 g/mol. The van der Waals surface area contributed by atoms with Crippen LogP contribution in [0.5, 0.6) is 0 Å². The molecule has 0 aromatic carbocycles. The number of hydrogen-bond donors (Lipinski definition) is 0. The molecule has 0 aliphatic rings. The zero-order valence-electron chi connectivity index (χ0n) is 18.0. The van der Waals surface area contributed by atoms with Gasteiger partial charge in [0.05, 0.1) is 13.7 Å². The number of isocyanates is 1. The van der Waals surface area contributed by atoms with E-state index in [1.54, 1.807) is 6.08 Å². The first-order valence-electron chi connectivity index (χ1n) is 11.0. The van der Waals surface area contributed by atoms with Crippen LogP contribution in [-0.2, 0) is 14.3 Å². The standard InChI is InChI=1S/C19H37NO.C4H6O2/c1-2-3-4-5-6-7-8-9-10-11-12-13-14-15-16-17-18-20-19-21;1-3-4(5)6-2/h2-18H2,1H3;3H,1H2,2H3. The monoisotopic (exact) mass is 381 g/mol. The van der Waals surface area contributed by atoms with Crippen molar-refractivity contribution in [2.24, 2.45) is 4.99 Å². The highest BCUT2D eigenvalue weighted by Crippen LogP contribution is 2.13. The molecule has 0 aromatic rings. The summed E-state index contributed by atoms with van der Waals surface area (Å²) in [6, 6.07) is 0. The van der Waals surface area contributed by atoms with E-state index in [9.17, 15) is 9.59 Å². The Labute approximate surface area is 167 Å². The van der Waals surface area contributed by atoms with E-state index >= 15 is 0 Å². The van der Waals surface area contributed by atoms with E-state index in [0.717, 1.165) is 12.5 Å². The van der Waals surface area contributed by atoms with Crippen LogP contribution in [-0.4, -0.2) is 25.7 Å². The number of aliphatic imine (C=N–C) groups is 1. The lowest BCUT2D eigenvalue weighted by Crippen LogP contribution is -1.91. The third-order valence-corrected chi connectivity index (χ3v) is 4.56. The predicted octanol–water partition coefficient (Wildman–Crippen LogP) is 6.93. The van der Waals surface area contributed by atoms with Gasteiger partial charge < -0.3 is 4.74 Å². The Balaban J connectivity index is 0. The molecule has 158 valence electrons. The van der Waals surface area contributed by atoms with Crippen LogP contribution in [0.25, 0.3) is 0 Å². The van der Waals surface area contributed by atoms with E-state index in [0.29, 0.717) is 6.54 Å². The highest BCUT2D eigenvalue weighted by Gasteiger charge is 1.94. The van der Waals surface area contributed by atoms with Crippen molar-refractivity contribution in [3.05, 3.63) is 12.7 Å². The minimum atomic E-state index is -0.394. The number of carbonyl (C=O) groups excluding carboxylic acids is 2. The van der Waals surface area contributed by atoms with Crippen LogP contribution in [0.1, 0.15) is 110 Å². The summed E-state index contributed by atoms with van der Waals surface area (Å²) in [5, 5.41) is 0. The molecule has 0 amide bonds. The van der Waals surface area contributed by atoms with Crippen molar-refractivity contribution in [3.8, 4) is 0 Å². The molecule has 0 aliphatic carbocycles. The summed E-state index contributed by atoms with van der Waals surface area (Å²) in [6.07, 6.45) is 24.7. The maximum Gasteiger partial charge on any atom is 0.329 e. The van der Waals surface area contributed by atoms with Crippen molar-refractivity contribution in [2.45, 2.75) is 110 Å². The number of carbonyl (C=O) groups is 1.